The normalized spacial score (nSPS) is 23.7. The Morgan fingerprint density at radius 3 is 2.69 bits per heavy atom. The Balaban J connectivity index is 1.65. The Morgan fingerprint density at radius 1 is 1.25 bits per heavy atom. The molecule has 1 aromatic carbocycles. The van der Waals surface area contributed by atoms with Crippen LogP contribution in [0.1, 0.15) is 44.6 Å². The molecule has 16 heavy (non-hydrogen) atoms. The average molecular weight is 217 g/mol. The number of hydrogen-bond donors (Lipinski definition) is 1. The van der Waals surface area contributed by atoms with Crippen molar-refractivity contribution < 1.29 is 0 Å². The summed E-state index contributed by atoms with van der Waals surface area (Å²) in [4.78, 5) is 0. The molecule has 1 nitrogen and oxygen atoms in total. The molecule has 88 valence electrons. The van der Waals surface area contributed by atoms with E-state index in [4.69, 9.17) is 0 Å². The highest BCUT2D eigenvalue weighted by atomic mass is 14.9. The van der Waals surface area contributed by atoms with Gasteiger partial charge in [-0.3, -0.25) is 0 Å². The van der Waals surface area contributed by atoms with E-state index in [-0.39, 0.29) is 0 Å². The third kappa shape index (κ3) is 3.34. The summed E-state index contributed by atoms with van der Waals surface area (Å²) in [6, 6.07) is 11.6. The first-order valence-corrected chi connectivity index (χ1v) is 6.55. The molecule has 0 spiro atoms. The Labute approximate surface area is 99.3 Å². The lowest BCUT2D eigenvalue weighted by Crippen LogP contribution is -2.23. The van der Waals surface area contributed by atoms with Gasteiger partial charge in [0.25, 0.3) is 0 Å². The maximum Gasteiger partial charge on any atom is 0.00103 e. The molecule has 0 heterocycles. The van der Waals surface area contributed by atoms with Crippen LogP contribution in [0.3, 0.4) is 0 Å². The summed E-state index contributed by atoms with van der Waals surface area (Å²) < 4.78 is 0. The van der Waals surface area contributed by atoms with Gasteiger partial charge in [0.05, 0.1) is 0 Å². The molecule has 1 aliphatic rings. The quantitative estimate of drug-likeness (QED) is 0.718. The van der Waals surface area contributed by atoms with Crippen molar-refractivity contribution in [2.24, 2.45) is 5.92 Å². The second kappa shape index (κ2) is 5.49. The lowest BCUT2D eigenvalue weighted by molar-refractivity contribution is 0.539. The molecule has 2 rings (SSSR count). The second-order valence-corrected chi connectivity index (χ2v) is 5.26. The fraction of sp³-hybridized carbons (Fsp3) is 0.600. The first kappa shape index (κ1) is 11.7. The first-order chi connectivity index (χ1) is 7.77. The van der Waals surface area contributed by atoms with Crippen molar-refractivity contribution in [3.05, 3.63) is 35.9 Å². The van der Waals surface area contributed by atoms with E-state index in [2.05, 4.69) is 49.5 Å². The van der Waals surface area contributed by atoms with E-state index in [1.54, 1.807) is 5.56 Å². The van der Waals surface area contributed by atoms with Gasteiger partial charge >= 0.3 is 0 Å². The van der Waals surface area contributed by atoms with E-state index in [9.17, 15) is 0 Å². The topological polar surface area (TPSA) is 12.0 Å². The van der Waals surface area contributed by atoms with Crippen LogP contribution in [0.15, 0.2) is 30.3 Å². The fourth-order valence-corrected chi connectivity index (χ4v) is 2.43. The number of nitrogens with one attached hydrogen (secondary N) is 1. The lowest BCUT2D eigenvalue weighted by atomic mass is 10.1. The molecule has 2 unspecified atom stereocenters. The zero-order valence-electron chi connectivity index (χ0n) is 10.4. The van der Waals surface area contributed by atoms with Crippen LogP contribution in [-0.4, -0.2) is 12.6 Å². The maximum absolute atomic E-state index is 3.48. The summed E-state index contributed by atoms with van der Waals surface area (Å²) >= 11 is 0. The van der Waals surface area contributed by atoms with Crippen LogP contribution in [0.4, 0.5) is 0 Å². The molecule has 0 aromatic heterocycles. The van der Waals surface area contributed by atoms with Crippen molar-refractivity contribution in [3.63, 3.8) is 0 Å². The minimum atomic E-state index is 0.629. The second-order valence-electron chi connectivity index (χ2n) is 5.26. The summed E-state index contributed by atoms with van der Waals surface area (Å²) in [6.45, 7) is 5.60. The molecule has 0 radical (unpaired) electrons. The molecule has 1 aromatic rings. The number of benzene rings is 1. The van der Waals surface area contributed by atoms with Crippen molar-refractivity contribution >= 4 is 0 Å². The van der Waals surface area contributed by atoms with Crippen LogP contribution in [0.2, 0.25) is 0 Å². The minimum absolute atomic E-state index is 0.629. The Bertz CT molecular complexity index is 304. The van der Waals surface area contributed by atoms with E-state index in [1.807, 2.05) is 0 Å². The van der Waals surface area contributed by atoms with Crippen LogP contribution in [0.5, 0.6) is 0 Å². The van der Waals surface area contributed by atoms with Crippen LogP contribution in [0.25, 0.3) is 0 Å². The molecule has 2 atom stereocenters. The van der Waals surface area contributed by atoms with E-state index in [0.717, 1.165) is 11.8 Å². The van der Waals surface area contributed by atoms with Gasteiger partial charge in [0.2, 0.25) is 0 Å². The van der Waals surface area contributed by atoms with E-state index in [1.165, 1.54) is 25.8 Å². The summed E-state index contributed by atoms with van der Waals surface area (Å²) in [5, 5.41) is 3.48. The third-order valence-corrected chi connectivity index (χ3v) is 3.45. The van der Waals surface area contributed by atoms with Crippen molar-refractivity contribution in [1.82, 2.24) is 5.32 Å². The zero-order chi connectivity index (χ0) is 11.4. The molecule has 0 aliphatic heterocycles. The smallest absolute Gasteiger partial charge is 0.00103 e. The van der Waals surface area contributed by atoms with E-state index < -0.39 is 0 Å². The van der Waals surface area contributed by atoms with Gasteiger partial charge in [-0.15, -0.1) is 0 Å². The van der Waals surface area contributed by atoms with E-state index >= 15 is 0 Å². The summed E-state index contributed by atoms with van der Waals surface area (Å²) in [6.07, 6.45) is 4.12. The van der Waals surface area contributed by atoms with Gasteiger partial charge < -0.3 is 5.32 Å². The molecule has 1 saturated carbocycles. The molecular weight excluding hydrogens is 194 g/mol. The van der Waals surface area contributed by atoms with Crippen molar-refractivity contribution in [2.75, 3.05) is 6.54 Å². The molecular formula is C15H23N. The van der Waals surface area contributed by atoms with Crippen molar-refractivity contribution in [3.8, 4) is 0 Å². The van der Waals surface area contributed by atoms with Crippen LogP contribution < -0.4 is 5.32 Å². The van der Waals surface area contributed by atoms with Gasteiger partial charge in [0.15, 0.2) is 0 Å². The first-order valence-electron chi connectivity index (χ1n) is 6.55. The number of rotatable bonds is 6. The van der Waals surface area contributed by atoms with Gasteiger partial charge in [-0.2, -0.15) is 0 Å². The predicted molar refractivity (Wildman–Crippen MR) is 69.7 cm³/mol. The van der Waals surface area contributed by atoms with Crippen LogP contribution in [-0.2, 0) is 0 Å². The van der Waals surface area contributed by atoms with Crippen LogP contribution in [0, 0.1) is 5.92 Å². The van der Waals surface area contributed by atoms with Crippen molar-refractivity contribution in [2.45, 2.75) is 45.1 Å². The Hall–Kier alpha value is -0.820. The highest BCUT2D eigenvalue weighted by molar-refractivity contribution is 5.25. The standard InChI is InChI=1S/C15H23N/c1-12(2)16-10-6-9-14-11-15(14)13-7-4-3-5-8-13/h3-5,7-8,12,14-16H,6,9-11H2,1-2H3. The monoisotopic (exact) mass is 217 g/mol. The largest absolute Gasteiger partial charge is 0.315 e. The minimum Gasteiger partial charge on any atom is -0.315 e. The Morgan fingerprint density at radius 2 is 2.00 bits per heavy atom. The molecule has 1 aliphatic carbocycles. The summed E-state index contributed by atoms with van der Waals surface area (Å²) in [5.74, 6) is 1.82. The molecule has 1 heteroatoms. The van der Waals surface area contributed by atoms with Gasteiger partial charge in [-0.1, -0.05) is 44.2 Å². The van der Waals surface area contributed by atoms with Gasteiger partial charge in [0, 0.05) is 6.04 Å². The molecule has 0 bridgehead atoms. The average Bonchev–Trinajstić information content (AvgIpc) is 3.05. The van der Waals surface area contributed by atoms with Crippen LogP contribution >= 0.6 is 0 Å². The fourth-order valence-electron chi connectivity index (χ4n) is 2.43. The highest BCUT2D eigenvalue weighted by Gasteiger charge is 2.36. The van der Waals surface area contributed by atoms with Crippen molar-refractivity contribution in [1.29, 1.82) is 0 Å². The van der Waals surface area contributed by atoms with Gasteiger partial charge in [0.1, 0.15) is 0 Å². The zero-order valence-corrected chi connectivity index (χ0v) is 10.4. The van der Waals surface area contributed by atoms with E-state index in [0.29, 0.717) is 6.04 Å². The third-order valence-electron chi connectivity index (χ3n) is 3.45. The highest BCUT2D eigenvalue weighted by Crippen LogP contribution is 2.49. The maximum atomic E-state index is 3.48. The molecule has 0 saturated heterocycles. The lowest BCUT2D eigenvalue weighted by Gasteiger charge is -2.07. The van der Waals surface area contributed by atoms with Gasteiger partial charge in [-0.05, 0) is 43.2 Å². The molecule has 0 amide bonds. The summed E-state index contributed by atoms with van der Waals surface area (Å²) in [5.41, 5.74) is 1.55. The SMILES string of the molecule is CC(C)NCCCC1CC1c1ccccc1. The summed E-state index contributed by atoms with van der Waals surface area (Å²) in [7, 11) is 0. The molecule has 1 N–H and O–H groups in total. The predicted octanol–water partition coefficient (Wildman–Crippen LogP) is 3.57. The number of hydrogen-bond acceptors (Lipinski definition) is 1. The molecule has 1 fully saturated rings. The Kier molecular flexibility index (Phi) is 4.00. The van der Waals surface area contributed by atoms with Gasteiger partial charge in [-0.25, -0.2) is 0 Å².